The van der Waals surface area contributed by atoms with Crippen LogP contribution in [-0.2, 0) is 0 Å². The number of anilines is 1. The number of pyridine rings is 1. The fourth-order valence-corrected chi connectivity index (χ4v) is 2.70. The summed E-state index contributed by atoms with van der Waals surface area (Å²) in [5, 5.41) is 2.98. The first-order valence-electron chi connectivity index (χ1n) is 7.32. The maximum Gasteiger partial charge on any atom is 0.269 e. The topological polar surface area (TPSA) is 45.2 Å². The number of rotatable bonds is 4. The number of aromatic nitrogens is 1. The Bertz CT molecular complexity index is 585. The molecule has 1 atom stereocenters. The van der Waals surface area contributed by atoms with Gasteiger partial charge in [0.1, 0.15) is 5.69 Å². The summed E-state index contributed by atoms with van der Waals surface area (Å²) in [6.07, 6.45) is 2.75. The van der Waals surface area contributed by atoms with Crippen molar-refractivity contribution >= 4 is 11.6 Å². The van der Waals surface area contributed by atoms with E-state index in [0.29, 0.717) is 18.2 Å². The Morgan fingerprint density at radius 3 is 2.76 bits per heavy atom. The molecule has 1 saturated heterocycles. The number of nitrogens with one attached hydrogen (secondary N) is 1. The predicted molar refractivity (Wildman–Crippen MR) is 83.3 cm³/mol. The van der Waals surface area contributed by atoms with Gasteiger partial charge in [0.25, 0.3) is 5.91 Å². The Kier molecular flexibility index (Phi) is 4.15. The molecule has 0 unspecified atom stereocenters. The van der Waals surface area contributed by atoms with Gasteiger partial charge in [-0.2, -0.15) is 0 Å². The molecule has 21 heavy (non-hydrogen) atoms. The van der Waals surface area contributed by atoms with Crippen LogP contribution >= 0.6 is 0 Å². The zero-order valence-electron chi connectivity index (χ0n) is 11.9. The number of carbonyl (C=O) groups excluding carboxylic acids is 1. The van der Waals surface area contributed by atoms with Gasteiger partial charge >= 0.3 is 0 Å². The molecule has 1 amide bonds. The lowest BCUT2D eigenvalue weighted by Gasteiger charge is -2.18. The summed E-state index contributed by atoms with van der Waals surface area (Å²) in [5.74, 6) is 0.409. The highest BCUT2D eigenvalue weighted by Gasteiger charge is 2.23. The lowest BCUT2D eigenvalue weighted by atomic mass is 10.1. The highest BCUT2D eigenvalue weighted by atomic mass is 16.1. The molecule has 2 aromatic rings. The van der Waals surface area contributed by atoms with Crippen LogP contribution in [0.1, 0.15) is 16.9 Å². The first-order chi connectivity index (χ1) is 10.3. The minimum absolute atomic E-state index is 0.0891. The molecule has 1 aromatic carbocycles. The van der Waals surface area contributed by atoms with E-state index in [1.54, 1.807) is 12.3 Å². The number of hydrogen-bond acceptors (Lipinski definition) is 3. The summed E-state index contributed by atoms with van der Waals surface area (Å²) in [4.78, 5) is 18.4. The number of amides is 1. The van der Waals surface area contributed by atoms with Crippen molar-refractivity contribution in [2.45, 2.75) is 6.42 Å². The first kappa shape index (κ1) is 13.6. The standard InChI is InChI=1S/C17H19N3O/c21-17(16-8-4-5-10-18-16)19-12-14-9-11-20(13-14)15-6-2-1-3-7-15/h1-8,10,14H,9,11-13H2,(H,19,21)/t14-/m0/s1. The van der Waals surface area contributed by atoms with Gasteiger partial charge in [0.05, 0.1) is 0 Å². The lowest BCUT2D eigenvalue weighted by molar-refractivity contribution is 0.0943. The summed E-state index contributed by atoms with van der Waals surface area (Å²) in [6.45, 7) is 2.75. The maximum absolute atomic E-state index is 12.0. The summed E-state index contributed by atoms with van der Waals surface area (Å²) >= 11 is 0. The molecule has 2 heterocycles. The maximum atomic E-state index is 12.0. The molecule has 0 saturated carbocycles. The fraction of sp³-hybridized carbons (Fsp3) is 0.294. The van der Waals surface area contributed by atoms with Gasteiger partial charge < -0.3 is 10.2 Å². The van der Waals surface area contributed by atoms with Crippen LogP contribution in [0, 0.1) is 5.92 Å². The molecule has 1 fully saturated rings. The quantitative estimate of drug-likeness (QED) is 0.935. The average molecular weight is 281 g/mol. The Hall–Kier alpha value is -2.36. The molecule has 0 spiro atoms. The van der Waals surface area contributed by atoms with E-state index in [1.165, 1.54) is 5.69 Å². The lowest BCUT2D eigenvalue weighted by Crippen LogP contribution is -2.31. The van der Waals surface area contributed by atoms with Crippen molar-refractivity contribution in [3.63, 3.8) is 0 Å². The second-order valence-corrected chi connectivity index (χ2v) is 5.36. The minimum atomic E-state index is -0.0891. The Balaban J connectivity index is 1.50. The third kappa shape index (κ3) is 3.40. The van der Waals surface area contributed by atoms with Gasteiger partial charge in [-0.05, 0) is 36.6 Å². The van der Waals surface area contributed by atoms with E-state index < -0.39 is 0 Å². The summed E-state index contributed by atoms with van der Waals surface area (Å²) in [7, 11) is 0. The summed E-state index contributed by atoms with van der Waals surface area (Å²) < 4.78 is 0. The van der Waals surface area contributed by atoms with Crippen molar-refractivity contribution in [2.75, 3.05) is 24.5 Å². The molecule has 3 rings (SSSR count). The molecule has 1 N–H and O–H groups in total. The van der Waals surface area contributed by atoms with Gasteiger partial charge in [0, 0.05) is 31.5 Å². The second kappa shape index (κ2) is 6.39. The van der Waals surface area contributed by atoms with Gasteiger partial charge in [-0.25, -0.2) is 0 Å². The molecule has 1 aromatic heterocycles. The van der Waals surface area contributed by atoms with Gasteiger partial charge in [-0.3, -0.25) is 9.78 Å². The summed E-state index contributed by atoms with van der Waals surface area (Å²) in [5.41, 5.74) is 1.74. The molecule has 0 radical (unpaired) electrons. The van der Waals surface area contributed by atoms with E-state index in [-0.39, 0.29) is 5.91 Å². The normalized spacial score (nSPS) is 17.7. The van der Waals surface area contributed by atoms with Gasteiger partial charge in [0.2, 0.25) is 0 Å². The fourth-order valence-electron chi connectivity index (χ4n) is 2.70. The Morgan fingerprint density at radius 2 is 2.00 bits per heavy atom. The van der Waals surface area contributed by atoms with Crippen molar-refractivity contribution in [1.82, 2.24) is 10.3 Å². The van der Waals surface area contributed by atoms with Gasteiger partial charge in [-0.15, -0.1) is 0 Å². The second-order valence-electron chi connectivity index (χ2n) is 5.36. The van der Waals surface area contributed by atoms with E-state index in [1.807, 2.05) is 18.2 Å². The van der Waals surface area contributed by atoms with Crippen molar-refractivity contribution in [1.29, 1.82) is 0 Å². The zero-order valence-corrected chi connectivity index (χ0v) is 11.9. The van der Waals surface area contributed by atoms with Crippen LogP contribution in [0.4, 0.5) is 5.69 Å². The predicted octanol–water partition coefficient (Wildman–Crippen LogP) is 2.34. The first-order valence-corrected chi connectivity index (χ1v) is 7.32. The molecular formula is C17H19N3O. The highest BCUT2D eigenvalue weighted by molar-refractivity contribution is 5.92. The van der Waals surface area contributed by atoms with Crippen LogP contribution in [0.5, 0.6) is 0 Å². The van der Waals surface area contributed by atoms with Crippen LogP contribution in [0.25, 0.3) is 0 Å². The SMILES string of the molecule is O=C(NC[C@@H]1CCN(c2ccccc2)C1)c1ccccn1. The number of nitrogens with zero attached hydrogens (tertiary/aromatic N) is 2. The van der Waals surface area contributed by atoms with Crippen molar-refractivity contribution in [3.8, 4) is 0 Å². The van der Waals surface area contributed by atoms with E-state index in [0.717, 1.165) is 19.5 Å². The Labute approximate surface area is 124 Å². The van der Waals surface area contributed by atoms with Gasteiger partial charge in [-0.1, -0.05) is 24.3 Å². The highest BCUT2D eigenvalue weighted by Crippen LogP contribution is 2.22. The molecule has 4 heteroatoms. The number of hydrogen-bond donors (Lipinski definition) is 1. The number of benzene rings is 1. The van der Waals surface area contributed by atoms with E-state index >= 15 is 0 Å². The third-order valence-electron chi connectivity index (χ3n) is 3.86. The Morgan fingerprint density at radius 1 is 1.19 bits per heavy atom. The molecule has 1 aliphatic heterocycles. The van der Waals surface area contributed by atoms with E-state index in [9.17, 15) is 4.79 Å². The van der Waals surface area contributed by atoms with E-state index in [4.69, 9.17) is 0 Å². The van der Waals surface area contributed by atoms with E-state index in [2.05, 4.69) is 39.5 Å². The molecule has 0 aliphatic carbocycles. The minimum Gasteiger partial charge on any atom is -0.371 e. The molecule has 4 nitrogen and oxygen atoms in total. The van der Waals surface area contributed by atoms with Crippen LogP contribution in [0.3, 0.4) is 0 Å². The van der Waals surface area contributed by atoms with Crippen molar-refractivity contribution in [3.05, 3.63) is 60.4 Å². The molecule has 108 valence electrons. The number of para-hydroxylation sites is 1. The molecular weight excluding hydrogens is 262 g/mol. The van der Waals surface area contributed by atoms with Gasteiger partial charge in [0.15, 0.2) is 0 Å². The molecule has 1 aliphatic rings. The van der Waals surface area contributed by atoms with Crippen molar-refractivity contribution < 1.29 is 4.79 Å². The van der Waals surface area contributed by atoms with Crippen LogP contribution in [0.15, 0.2) is 54.7 Å². The summed E-state index contributed by atoms with van der Waals surface area (Å²) in [6, 6.07) is 15.8. The van der Waals surface area contributed by atoms with Crippen LogP contribution < -0.4 is 10.2 Å². The smallest absolute Gasteiger partial charge is 0.269 e. The molecule has 0 bridgehead atoms. The average Bonchev–Trinajstić information content (AvgIpc) is 3.03. The largest absolute Gasteiger partial charge is 0.371 e. The van der Waals surface area contributed by atoms with Crippen LogP contribution in [0.2, 0.25) is 0 Å². The zero-order chi connectivity index (χ0) is 14.5. The van der Waals surface area contributed by atoms with Crippen LogP contribution in [-0.4, -0.2) is 30.5 Å². The monoisotopic (exact) mass is 281 g/mol. The number of carbonyl (C=O) groups is 1. The third-order valence-corrected chi connectivity index (χ3v) is 3.86. The van der Waals surface area contributed by atoms with Crippen molar-refractivity contribution in [2.24, 2.45) is 5.92 Å².